The van der Waals surface area contributed by atoms with E-state index >= 15 is 0 Å². The van der Waals surface area contributed by atoms with Gasteiger partial charge in [-0.1, -0.05) is 54.6 Å². The summed E-state index contributed by atoms with van der Waals surface area (Å²) in [6, 6.07) is 23.0. The molecule has 0 unspecified atom stereocenters. The molecule has 24 heavy (non-hydrogen) atoms. The van der Waals surface area contributed by atoms with E-state index < -0.39 is 0 Å². The normalized spacial score (nSPS) is 11.3. The molecule has 3 aromatic carbocycles. The van der Waals surface area contributed by atoms with Crippen molar-refractivity contribution in [1.82, 2.24) is 4.98 Å². The average molecular weight is 315 g/mol. The van der Waals surface area contributed by atoms with Crippen LogP contribution in [-0.2, 0) is 0 Å². The van der Waals surface area contributed by atoms with Crippen LogP contribution in [0.3, 0.4) is 0 Å². The Hall–Kier alpha value is -3.47. The third kappa shape index (κ3) is 2.63. The van der Waals surface area contributed by atoms with Gasteiger partial charge in [-0.25, -0.2) is 0 Å². The number of oxazole rings is 1. The third-order valence-electron chi connectivity index (χ3n) is 3.63. The molecule has 0 saturated heterocycles. The molecule has 116 valence electrons. The monoisotopic (exact) mass is 315 g/mol. The Morgan fingerprint density at radius 3 is 2.42 bits per heavy atom. The molecule has 5 nitrogen and oxygen atoms in total. The minimum absolute atomic E-state index is 0.0572. The maximum atomic E-state index is 9.90. The van der Waals surface area contributed by atoms with Gasteiger partial charge in [-0.3, -0.25) is 0 Å². The first kappa shape index (κ1) is 14.1. The summed E-state index contributed by atoms with van der Waals surface area (Å²) in [6.07, 6.45) is 0. The summed E-state index contributed by atoms with van der Waals surface area (Å²) in [7, 11) is 0. The predicted molar refractivity (Wildman–Crippen MR) is 91.7 cm³/mol. The standard InChI is InChI=1S/C19H13N3O2/c23-19-17(20-18(24-19)14-8-2-1-3-9-14)22-21-16-12-6-10-13-7-4-5-11-15(13)16/h1-12,23H. The Balaban J connectivity index is 1.70. The van der Waals surface area contributed by atoms with Crippen molar-refractivity contribution in [2.75, 3.05) is 0 Å². The summed E-state index contributed by atoms with van der Waals surface area (Å²) in [6.45, 7) is 0. The van der Waals surface area contributed by atoms with Crippen LogP contribution in [0.15, 0.2) is 87.4 Å². The molecule has 4 rings (SSSR count). The quantitative estimate of drug-likeness (QED) is 0.499. The van der Waals surface area contributed by atoms with Crippen LogP contribution in [0.1, 0.15) is 0 Å². The zero-order valence-electron chi connectivity index (χ0n) is 12.6. The fraction of sp³-hybridized carbons (Fsp3) is 0. The molecule has 0 amide bonds. The Labute approximate surface area is 137 Å². The van der Waals surface area contributed by atoms with Crippen molar-refractivity contribution in [2.24, 2.45) is 10.2 Å². The summed E-state index contributed by atoms with van der Waals surface area (Å²) < 4.78 is 5.27. The van der Waals surface area contributed by atoms with Crippen LogP contribution in [0.2, 0.25) is 0 Å². The lowest BCUT2D eigenvalue weighted by Crippen LogP contribution is -1.75. The van der Waals surface area contributed by atoms with Gasteiger partial charge in [0.25, 0.3) is 5.82 Å². The van der Waals surface area contributed by atoms with E-state index in [9.17, 15) is 5.11 Å². The molecule has 0 aliphatic rings. The number of hydrogen-bond donors (Lipinski definition) is 1. The van der Waals surface area contributed by atoms with E-state index in [0.29, 0.717) is 11.6 Å². The highest BCUT2D eigenvalue weighted by atomic mass is 16.5. The van der Waals surface area contributed by atoms with Crippen molar-refractivity contribution in [2.45, 2.75) is 0 Å². The molecular weight excluding hydrogens is 302 g/mol. The molecule has 4 aromatic rings. The number of fused-ring (bicyclic) bond motifs is 1. The Morgan fingerprint density at radius 2 is 1.54 bits per heavy atom. The van der Waals surface area contributed by atoms with Crippen molar-refractivity contribution >= 4 is 22.3 Å². The van der Waals surface area contributed by atoms with Gasteiger partial charge in [0.1, 0.15) is 0 Å². The first-order valence-electron chi connectivity index (χ1n) is 7.46. The lowest BCUT2D eigenvalue weighted by molar-refractivity contribution is 0.338. The minimum atomic E-state index is -0.349. The van der Waals surface area contributed by atoms with Crippen LogP contribution >= 0.6 is 0 Å². The topological polar surface area (TPSA) is 71.0 Å². The van der Waals surface area contributed by atoms with Crippen LogP contribution in [0.4, 0.5) is 11.5 Å². The fourth-order valence-corrected chi connectivity index (χ4v) is 2.47. The van der Waals surface area contributed by atoms with E-state index in [-0.39, 0.29) is 11.8 Å². The van der Waals surface area contributed by atoms with E-state index in [2.05, 4.69) is 15.2 Å². The first-order valence-corrected chi connectivity index (χ1v) is 7.46. The number of aromatic hydroxyl groups is 1. The molecule has 0 aliphatic carbocycles. The molecule has 0 radical (unpaired) electrons. The number of nitrogens with zero attached hydrogens (tertiary/aromatic N) is 3. The van der Waals surface area contributed by atoms with E-state index in [1.807, 2.05) is 72.8 Å². The molecule has 0 bridgehead atoms. The highest BCUT2D eigenvalue weighted by Gasteiger charge is 2.13. The van der Waals surface area contributed by atoms with Crippen LogP contribution in [-0.4, -0.2) is 10.1 Å². The lowest BCUT2D eigenvalue weighted by atomic mass is 10.1. The highest BCUT2D eigenvalue weighted by Crippen LogP contribution is 2.34. The number of hydrogen-bond acceptors (Lipinski definition) is 5. The molecule has 0 atom stereocenters. The van der Waals surface area contributed by atoms with E-state index in [1.54, 1.807) is 0 Å². The molecule has 1 heterocycles. The van der Waals surface area contributed by atoms with Crippen molar-refractivity contribution in [3.8, 4) is 17.4 Å². The van der Waals surface area contributed by atoms with E-state index in [1.165, 1.54) is 0 Å². The second-order valence-electron chi connectivity index (χ2n) is 5.21. The molecule has 0 fully saturated rings. The Bertz CT molecular complexity index is 1020. The number of azo groups is 1. The number of rotatable bonds is 3. The number of benzene rings is 3. The van der Waals surface area contributed by atoms with Crippen molar-refractivity contribution in [1.29, 1.82) is 0 Å². The third-order valence-corrected chi connectivity index (χ3v) is 3.63. The van der Waals surface area contributed by atoms with Crippen LogP contribution in [0.5, 0.6) is 5.95 Å². The highest BCUT2D eigenvalue weighted by molar-refractivity contribution is 5.92. The lowest BCUT2D eigenvalue weighted by Gasteiger charge is -1.99. The summed E-state index contributed by atoms with van der Waals surface area (Å²) in [5, 5.41) is 20.2. The van der Waals surface area contributed by atoms with Crippen molar-refractivity contribution in [3.05, 3.63) is 72.8 Å². The van der Waals surface area contributed by atoms with Gasteiger partial charge < -0.3 is 9.52 Å². The zero-order valence-corrected chi connectivity index (χ0v) is 12.6. The second-order valence-corrected chi connectivity index (χ2v) is 5.21. The van der Waals surface area contributed by atoms with Gasteiger partial charge in [-0.15, -0.1) is 10.2 Å². The van der Waals surface area contributed by atoms with E-state index in [4.69, 9.17) is 4.42 Å². The van der Waals surface area contributed by atoms with Crippen molar-refractivity contribution < 1.29 is 9.52 Å². The maximum absolute atomic E-state index is 9.90. The van der Waals surface area contributed by atoms with Gasteiger partial charge in [-0.05, 0) is 23.6 Å². The molecule has 5 heteroatoms. The average Bonchev–Trinajstić information content (AvgIpc) is 3.01. The summed E-state index contributed by atoms with van der Waals surface area (Å²) in [5.74, 6) is 0.0135. The summed E-state index contributed by atoms with van der Waals surface area (Å²) in [5.41, 5.74) is 1.47. The molecule has 0 spiro atoms. The second kappa shape index (κ2) is 5.96. The summed E-state index contributed by atoms with van der Waals surface area (Å²) in [4.78, 5) is 4.20. The van der Waals surface area contributed by atoms with Gasteiger partial charge in [0.15, 0.2) is 0 Å². The molecule has 1 aromatic heterocycles. The molecule has 1 N–H and O–H groups in total. The maximum Gasteiger partial charge on any atom is 0.332 e. The largest absolute Gasteiger partial charge is 0.478 e. The molecular formula is C19H13N3O2. The fourth-order valence-electron chi connectivity index (χ4n) is 2.47. The zero-order chi connectivity index (χ0) is 16.4. The van der Waals surface area contributed by atoms with Crippen molar-refractivity contribution in [3.63, 3.8) is 0 Å². The van der Waals surface area contributed by atoms with Crippen LogP contribution in [0.25, 0.3) is 22.2 Å². The number of aromatic nitrogens is 1. The van der Waals surface area contributed by atoms with Gasteiger partial charge in [0.05, 0.1) is 5.69 Å². The van der Waals surface area contributed by atoms with Gasteiger partial charge in [-0.2, -0.15) is 4.98 Å². The Kier molecular flexibility index (Phi) is 3.51. The van der Waals surface area contributed by atoms with Gasteiger partial charge in [0, 0.05) is 10.9 Å². The smallest absolute Gasteiger partial charge is 0.332 e. The van der Waals surface area contributed by atoms with Gasteiger partial charge >= 0.3 is 5.95 Å². The van der Waals surface area contributed by atoms with E-state index in [0.717, 1.165) is 16.3 Å². The predicted octanol–water partition coefficient (Wildman–Crippen LogP) is 5.62. The molecule has 0 aliphatic heterocycles. The Morgan fingerprint density at radius 1 is 0.792 bits per heavy atom. The summed E-state index contributed by atoms with van der Waals surface area (Å²) >= 11 is 0. The molecule has 0 saturated carbocycles. The van der Waals surface area contributed by atoms with Crippen LogP contribution < -0.4 is 0 Å². The minimum Gasteiger partial charge on any atom is -0.478 e. The van der Waals surface area contributed by atoms with Gasteiger partial charge in [0.2, 0.25) is 5.89 Å². The SMILES string of the molecule is Oc1oc(-c2ccccc2)nc1N=Nc1cccc2ccccc12. The first-order chi connectivity index (χ1) is 11.8. The van der Waals surface area contributed by atoms with Crippen LogP contribution in [0, 0.1) is 0 Å².